The SMILES string of the molecule is O=CC1=C(C(=O)N[C@@H](CC2=CCCCC2)C(=O)O)CCCC1. The molecule has 0 unspecified atom stereocenters. The monoisotopic (exact) mass is 305 g/mol. The summed E-state index contributed by atoms with van der Waals surface area (Å²) in [6.45, 7) is 0. The number of aldehydes is 1. The van der Waals surface area contributed by atoms with Gasteiger partial charge in [-0.3, -0.25) is 9.59 Å². The van der Waals surface area contributed by atoms with E-state index in [2.05, 4.69) is 11.4 Å². The van der Waals surface area contributed by atoms with Gasteiger partial charge in [0.1, 0.15) is 12.3 Å². The molecule has 0 aromatic heterocycles. The summed E-state index contributed by atoms with van der Waals surface area (Å²) in [5.74, 6) is -1.42. The number of hydrogen-bond acceptors (Lipinski definition) is 3. The molecule has 1 amide bonds. The molecule has 2 aliphatic carbocycles. The fourth-order valence-corrected chi connectivity index (χ4v) is 3.12. The quantitative estimate of drug-likeness (QED) is 0.583. The zero-order valence-electron chi connectivity index (χ0n) is 12.8. The molecular formula is C17H23NO4. The van der Waals surface area contributed by atoms with Gasteiger partial charge in [-0.05, 0) is 57.8 Å². The second-order valence-electron chi connectivity index (χ2n) is 6.01. The fourth-order valence-electron chi connectivity index (χ4n) is 3.12. The third-order valence-corrected chi connectivity index (χ3v) is 4.38. The van der Waals surface area contributed by atoms with Crippen LogP contribution in [0.15, 0.2) is 22.8 Å². The molecule has 5 heteroatoms. The predicted molar refractivity (Wildman–Crippen MR) is 82.3 cm³/mol. The van der Waals surface area contributed by atoms with Gasteiger partial charge in [0.15, 0.2) is 0 Å². The van der Waals surface area contributed by atoms with Gasteiger partial charge in [0.25, 0.3) is 0 Å². The molecule has 5 nitrogen and oxygen atoms in total. The van der Waals surface area contributed by atoms with E-state index in [1.165, 1.54) is 0 Å². The molecule has 0 bridgehead atoms. The molecule has 2 N–H and O–H groups in total. The number of rotatable bonds is 6. The van der Waals surface area contributed by atoms with Crippen molar-refractivity contribution in [3.63, 3.8) is 0 Å². The van der Waals surface area contributed by atoms with E-state index >= 15 is 0 Å². The lowest BCUT2D eigenvalue weighted by molar-refractivity contribution is -0.141. The minimum absolute atomic E-state index is 0.352. The third-order valence-electron chi connectivity index (χ3n) is 4.38. The lowest BCUT2D eigenvalue weighted by Gasteiger charge is -2.21. The molecule has 2 rings (SSSR count). The van der Waals surface area contributed by atoms with E-state index in [1.807, 2.05) is 0 Å². The Labute approximate surface area is 130 Å². The summed E-state index contributed by atoms with van der Waals surface area (Å²) in [6.07, 6.45) is 10.2. The van der Waals surface area contributed by atoms with Crippen LogP contribution in [0, 0.1) is 0 Å². The first-order valence-electron chi connectivity index (χ1n) is 8.00. The summed E-state index contributed by atoms with van der Waals surface area (Å²) < 4.78 is 0. The van der Waals surface area contributed by atoms with Gasteiger partial charge in [-0.15, -0.1) is 0 Å². The van der Waals surface area contributed by atoms with E-state index in [1.54, 1.807) is 0 Å². The van der Waals surface area contributed by atoms with Crippen LogP contribution < -0.4 is 5.32 Å². The number of hydrogen-bond donors (Lipinski definition) is 2. The molecule has 0 saturated heterocycles. The average Bonchev–Trinajstić information content (AvgIpc) is 2.55. The second-order valence-corrected chi connectivity index (χ2v) is 6.01. The van der Waals surface area contributed by atoms with Crippen molar-refractivity contribution in [2.45, 2.75) is 63.8 Å². The first-order chi connectivity index (χ1) is 10.6. The van der Waals surface area contributed by atoms with Crippen LogP contribution in [0.1, 0.15) is 57.8 Å². The molecular weight excluding hydrogens is 282 g/mol. The van der Waals surface area contributed by atoms with Gasteiger partial charge in [0.2, 0.25) is 5.91 Å². The molecule has 2 aliphatic rings. The Balaban J connectivity index is 2.05. The van der Waals surface area contributed by atoms with Gasteiger partial charge in [-0.2, -0.15) is 0 Å². The largest absolute Gasteiger partial charge is 0.480 e. The van der Waals surface area contributed by atoms with Gasteiger partial charge in [-0.1, -0.05) is 11.6 Å². The van der Waals surface area contributed by atoms with Crippen LogP contribution in [-0.4, -0.2) is 29.3 Å². The van der Waals surface area contributed by atoms with Crippen LogP contribution in [0.4, 0.5) is 0 Å². The Hall–Kier alpha value is -1.91. The maximum absolute atomic E-state index is 12.3. The highest BCUT2D eigenvalue weighted by Crippen LogP contribution is 2.25. The molecule has 1 atom stereocenters. The van der Waals surface area contributed by atoms with Gasteiger partial charge < -0.3 is 10.4 Å². The van der Waals surface area contributed by atoms with E-state index < -0.39 is 17.9 Å². The first-order valence-corrected chi connectivity index (χ1v) is 8.00. The smallest absolute Gasteiger partial charge is 0.326 e. The molecule has 0 aliphatic heterocycles. The van der Waals surface area contributed by atoms with Crippen molar-refractivity contribution in [1.82, 2.24) is 5.32 Å². The lowest BCUT2D eigenvalue weighted by atomic mass is 9.91. The van der Waals surface area contributed by atoms with Crippen LogP contribution >= 0.6 is 0 Å². The molecule has 22 heavy (non-hydrogen) atoms. The van der Waals surface area contributed by atoms with Crippen molar-refractivity contribution in [1.29, 1.82) is 0 Å². The van der Waals surface area contributed by atoms with E-state index in [9.17, 15) is 19.5 Å². The Bertz CT molecular complexity index is 519. The standard InChI is InChI=1S/C17H23NO4/c19-11-13-8-4-5-9-14(13)16(20)18-15(17(21)22)10-12-6-2-1-3-7-12/h6,11,15H,1-5,7-10H2,(H,18,20)(H,21,22)/t15-/m0/s1. The van der Waals surface area contributed by atoms with Gasteiger partial charge >= 0.3 is 5.97 Å². The van der Waals surface area contributed by atoms with Crippen molar-refractivity contribution >= 4 is 18.2 Å². The average molecular weight is 305 g/mol. The van der Waals surface area contributed by atoms with Crippen LogP contribution in [0.3, 0.4) is 0 Å². The zero-order chi connectivity index (χ0) is 15.9. The molecule has 0 saturated carbocycles. The number of aliphatic carboxylic acids is 1. The minimum atomic E-state index is -1.02. The number of carbonyl (C=O) groups is 3. The molecule has 0 heterocycles. The summed E-state index contributed by atoms with van der Waals surface area (Å²) in [4.78, 5) is 34.8. The normalized spacial score (nSPS) is 20.1. The first kappa shape index (κ1) is 16.5. The van der Waals surface area contributed by atoms with E-state index in [0.717, 1.165) is 50.4 Å². The van der Waals surface area contributed by atoms with E-state index in [4.69, 9.17) is 0 Å². The number of nitrogens with one attached hydrogen (secondary N) is 1. The van der Waals surface area contributed by atoms with Crippen molar-refractivity contribution in [2.24, 2.45) is 0 Å². The van der Waals surface area contributed by atoms with E-state index in [-0.39, 0.29) is 0 Å². The van der Waals surface area contributed by atoms with Gasteiger partial charge in [0.05, 0.1) is 0 Å². The van der Waals surface area contributed by atoms with Gasteiger partial charge in [-0.25, -0.2) is 4.79 Å². The summed E-state index contributed by atoms with van der Waals surface area (Å²) in [6, 6.07) is -0.917. The van der Waals surface area contributed by atoms with Crippen LogP contribution in [0.5, 0.6) is 0 Å². The van der Waals surface area contributed by atoms with Crippen LogP contribution in [0.2, 0.25) is 0 Å². The topological polar surface area (TPSA) is 83.5 Å². The van der Waals surface area contributed by atoms with E-state index in [0.29, 0.717) is 30.4 Å². The van der Waals surface area contributed by atoms with Crippen LogP contribution in [0.25, 0.3) is 0 Å². The van der Waals surface area contributed by atoms with Gasteiger partial charge in [0, 0.05) is 11.1 Å². The Kier molecular flexibility index (Phi) is 5.92. The number of carboxylic acid groups (broad SMARTS) is 1. The van der Waals surface area contributed by atoms with Crippen LogP contribution in [-0.2, 0) is 14.4 Å². The highest BCUT2D eigenvalue weighted by molar-refractivity contribution is 6.00. The number of carboxylic acids is 1. The summed E-state index contributed by atoms with van der Waals surface area (Å²) in [7, 11) is 0. The number of allylic oxidation sites excluding steroid dienone is 2. The molecule has 0 aromatic carbocycles. The van der Waals surface area contributed by atoms with Crippen molar-refractivity contribution in [2.75, 3.05) is 0 Å². The highest BCUT2D eigenvalue weighted by atomic mass is 16.4. The van der Waals surface area contributed by atoms with Crippen molar-refractivity contribution < 1.29 is 19.5 Å². The molecule has 0 aromatic rings. The van der Waals surface area contributed by atoms with Crippen molar-refractivity contribution in [3.8, 4) is 0 Å². The molecule has 120 valence electrons. The summed E-state index contributed by atoms with van der Waals surface area (Å²) >= 11 is 0. The summed E-state index contributed by atoms with van der Waals surface area (Å²) in [5, 5.41) is 11.9. The number of carbonyl (C=O) groups excluding carboxylic acids is 2. The third kappa shape index (κ3) is 4.29. The fraction of sp³-hybridized carbons (Fsp3) is 0.588. The number of amides is 1. The maximum atomic E-state index is 12.3. The Morgan fingerprint density at radius 2 is 1.91 bits per heavy atom. The second kappa shape index (κ2) is 7.92. The maximum Gasteiger partial charge on any atom is 0.326 e. The Morgan fingerprint density at radius 3 is 2.55 bits per heavy atom. The predicted octanol–water partition coefficient (Wildman–Crippen LogP) is 2.52. The lowest BCUT2D eigenvalue weighted by Crippen LogP contribution is -2.42. The molecule has 0 spiro atoms. The van der Waals surface area contributed by atoms with Crippen molar-refractivity contribution in [3.05, 3.63) is 22.8 Å². The minimum Gasteiger partial charge on any atom is -0.480 e. The molecule has 0 fully saturated rings. The Morgan fingerprint density at radius 1 is 1.18 bits per heavy atom. The summed E-state index contributed by atoms with van der Waals surface area (Å²) in [5.41, 5.74) is 2.09. The molecule has 0 radical (unpaired) electrons. The highest BCUT2D eigenvalue weighted by Gasteiger charge is 2.25. The zero-order valence-corrected chi connectivity index (χ0v) is 12.8.